The summed E-state index contributed by atoms with van der Waals surface area (Å²) in [5, 5.41) is 0. The first-order valence-corrected chi connectivity index (χ1v) is 6.65. The van der Waals surface area contributed by atoms with Crippen LogP contribution in [-0.2, 0) is 6.54 Å². The summed E-state index contributed by atoms with van der Waals surface area (Å²) in [5.41, 5.74) is 7.50. The molecule has 0 spiro atoms. The third-order valence-electron chi connectivity index (χ3n) is 4.11. The lowest BCUT2D eigenvalue weighted by molar-refractivity contribution is 0.0396. The molecule has 1 fully saturated rings. The van der Waals surface area contributed by atoms with Gasteiger partial charge in [0, 0.05) is 37.6 Å². The molecule has 0 radical (unpaired) electrons. The van der Waals surface area contributed by atoms with E-state index in [4.69, 9.17) is 5.73 Å². The Kier molecular flexibility index (Phi) is 4.32. The highest BCUT2D eigenvalue weighted by Crippen LogP contribution is 2.26. The predicted octanol–water partition coefficient (Wildman–Crippen LogP) is 0.937. The minimum atomic E-state index is 0.121. The number of likely N-dealkylation sites (tertiary alicyclic amines) is 1. The zero-order valence-electron chi connectivity index (χ0n) is 11.5. The van der Waals surface area contributed by atoms with Gasteiger partial charge in [-0.25, -0.2) is 0 Å². The van der Waals surface area contributed by atoms with Crippen LogP contribution >= 0.6 is 0 Å². The Morgan fingerprint density at radius 2 is 2.17 bits per heavy atom. The van der Waals surface area contributed by atoms with Crippen LogP contribution in [0.15, 0.2) is 24.5 Å². The molecule has 0 saturated carbocycles. The Labute approximate surface area is 110 Å². The molecule has 1 aliphatic heterocycles. The molecule has 1 saturated heterocycles. The number of likely N-dealkylation sites (N-methyl/N-ethyl adjacent to an activating group) is 2. The van der Waals surface area contributed by atoms with Crippen LogP contribution < -0.4 is 5.73 Å². The van der Waals surface area contributed by atoms with Gasteiger partial charge in [-0.05, 0) is 51.2 Å². The van der Waals surface area contributed by atoms with Gasteiger partial charge in [0.2, 0.25) is 0 Å². The molecule has 1 aromatic heterocycles. The summed E-state index contributed by atoms with van der Waals surface area (Å²) in [4.78, 5) is 8.87. The normalized spacial score (nSPS) is 25.6. The molecule has 0 aromatic carbocycles. The molecule has 0 bridgehead atoms. The van der Waals surface area contributed by atoms with E-state index in [1.165, 1.54) is 24.9 Å². The summed E-state index contributed by atoms with van der Waals surface area (Å²) >= 11 is 0. The van der Waals surface area contributed by atoms with Crippen LogP contribution in [0.3, 0.4) is 0 Å². The van der Waals surface area contributed by atoms with Crippen molar-refractivity contribution in [3.05, 3.63) is 30.1 Å². The molecule has 18 heavy (non-hydrogen) atoms. The van der Waals surface area contributed by atoms with Gasteiger partial charge in [-0.15, -0.1) is 0 Å². The van der Waals surface area contributed by atoms with Crippen LogP contribution in [-0.4, -0.2) is 54.1 Å². The molecule has 2 rings (SSSR count). The van der Waals surface area contributed by atoms with Crippen molar-refractivity contribution in [2.24, 2.45) is 5.73 Å². The van der Waals surface area contributed by atoms with Gasteiger partial charge in [0.25, 0.3) is 0 Å². The van der Waals surface area contributed by atoms with Gasteiger partial charge in [0.05, 0.1) is 0 Å². The molecular weight excluding hydrogens is 224 g/mol. The number of hydrogen-bond donors (Lipinski definition) is 1. The lowest BCUT2D eigenvalue weighted by atomic mass is 9.87. The highest BCUT2D eigenvalue weighted by molar-refractivity contribution is 5.10. The molecule has 1 aromatic rings. The fourth-order valence-electron chi connectivity index (χ4n) is 2.90. The van der Waals surface area contributed by atoms with Gasteiger partial charge in [-0.2, -0.15) is 0 Å². The third-order valence-corrected chi connectivity index (χ3v) is 4.11. The second-order valence-electron chi connectivity index (χ2n) is 5.48. The summed E-state index contributed by atoms with van der Waals surface area (Å²) in [5.74, 6) is 0. The number of aromatic nitrogens is 1. The van der Waals surface area contributed by atoms with Gasteiger partial charge in [0.15, 0.2) is 0 Å². The van der Waals surface area contributed by atoms with Crippen molar-refractivity contribution in [2.75, 3.05) is 33.7 Å². The summed E-state index contributed by atoms with van der Waals surface area (Å²) in [6, 6.07) is 4.15. The summed E-state index contributed by atoms with van der Waals surface area (Å²) < 4.78 is 0. The van der Waals surface area contributed by atoms with Crippen LogP contribution in [0.25, 0.3) is 0 Å². The number of nitrogens with two attached hydrogens (primary N) is 1. The van der Waals surface area contributed by atoms with Gasteiger partial charge in [0.1, 0.15) is 0 Å². The third kappa shape index (κ3) is 2.88. The van der Waals surface area contributed by atoms with Crippen LogP contribution in [0.2, 0.25) is 0 Å². The SMILES string of the molecule is CN1CCCC(CN)(N(C)Cc2ccncc2)C1. The number of rotatable bonds is 4. The zero-order valence-corrected chi connectivity index (χ0v) is 11.5. The maximum Gasteiger partial charge on any atom is 0.0459 e. The molecule has 0 aliphatic carbocycles. The van der Waals surface area contributed by atoms with E-state index in [2.05, 4.69) is 41.0 Å². The minimum absolute atomic E-state index is 0.121. The zero-order chi connectivity index (χ0) is 13.0. The second-order valence-corrected chi connectivity index (χ2v) is 5.48. The Morgan fingerprint density at radius 3 is 2.78 bits per heavy atom. The van der Waals surface area contributed by atoms with Gasteiger partial charge >= 0.3 is 0 Å². The quantitative estimate of drug-likeness (QED) is 0.861. The van der Waals surface area contributed by atoms with E-state index in [1.807, 2.05) is 12.4 Å². The van der Waals surface area contributed by atoms with E-state index in [0.29, 0.717) is 0 Å². The van der Waals surface area contributed by atoms with Crippen molar-refractivity contribution in [1.82, 2.24) is 14.8 Å². The Morgan fingerprint density at radius 1 is 1.44 bits per heavy atom. The maximum absolute atomic E-state index is 6.07. The van der Waals surface area contributed by atoms with Gasteiger partial charge < -0.3 is 10.6 Å². The topological polar surface area (TPSA) is 45.4 Å². The Balaban J connectivity index is 2.07. The Hall–Kier alpha value is -0.970. The molecule has 4 heteroatoms. The summed E-state index contributed by atoms with van der Waals surface area (Å²) in [6.45, 7) is 3.91. The molecule has 1 atom stereocenters. The van der Waals surface area contributed by atoms with Crippen LogP contribution in [0.1, 0.15) is 18.4 Å². The maximum atomic E-state index is 6.07. The summed E-state index contributed by atoms with van der Waals surface area (Å²) in [7, 11) is 4.37. The molecule has 2 N–H and O–H groups in total. The molecule has 1 unspecified atom stereocenters. The first-order valence-electron chi connectivity index (χ1n) is 6.65. The van der Waals surface area contributed by atoms with Crippen LogP contribution in [0.4, 0.5) is 0 Å². The number of piperidine rings is 1. The lowest BCUT2D eigenvalue weighted by Gasteiger charge is -2.47. The highest BCUT2D eigenvalue weighted by atomic mass is 15.3. The van der Waals surface area contributed by atoms with E-state index in [-0.39, 0.29) is 5.54 Å². The van der Waals surface area contributed by atoms with Crippen LogP contribution in [0, 0.1) is 0 Å². The second kappa shape index (κ2) is 5.78. The first kappa shape index (κ1) is 13.5. The van der Waals surface area contributed by atoms with Crippen molar-refractivity contribution < 1.29 is 0 Å². The van der Waals surface area contributed by atoms with Crippen molar-refractivity contribution >= 4 is 0 Å². The minimum Gasteiger partial charge on any atom is -0.329 e. The van der Waals surface area contributed by atoms with E-state index in [9.17, 15) is 0 Å². The average molecular weight is 248 g/mol. The highest BCUT2D eigenvalue weighted by Gasteiger charge is 2.36. The fraction of sp³-hybridized carbons (Fsp3) is 0.643. The largest absolute Gasteiger partial charge is 0.329 e. The number of pyridine rings is 1. The van der Waals surface area contributed by atoms with Crippen molar-refractivity contribution in [3.63, 3.8) is 0 Å². The van der Waals surface area contributed by atoms with E-state index >= 15 is 0 Å². The first-order chi connectivity index (χ1) is 8.66. The van der Waals surface area contributed by atoms with E-state index < -0.39 is 0 Å². The lowest BCUT2D eigenvalue weighted by Crippen LogP contribution is -2.60. The van der Waals surface area contributed by atoms with E-state index in [0.717, 1.165) is 19.6 Å². The molecule has 1 aliphatic rings. The number of hydrogen-bond acceptors (Lipinski definition) is 4. The average Bonchev–Trinajstić information content (AvgIpc) is 2.39. The van der Waals surface area contributed by atoms with Gasteiger partial charge in [-0.1, -0.05) is 0 Å². The van der Waals surface area contributed by atoms with E-state index in [1.54, 1.807) is 0 Å². The predicted molar refractivity (Wildman–Crippen MR) is 74.2 cm³/mol. The monoisotopic (exact) mass is 248 g/mol. The van der Waals surface area contributed by atoms with Crippen molar-refractivity contribution in [3.8, 4) is 0 Å². The smallest absolute Gasteiger partial charge is 0.0459 e. The molecule has 0 amide bonds. The summed E-state index contributed by atoms with van der Waals surface area (Å²) in [6.07, 6.45) is 6.13. The number of nitrogens with zero attached hydrogens (tertiary/aromatic N) is 3. The Bertz CT molecular complexity index is 367. The van der Waals surface area contributed by atoms with Crippen molar-refractivity contribution in [2.45, 2.75) is 24.9 Å². The molecule has 4 nitrogen and oxygen atoms in total. The molecular formula is C14H24N4. The van der Waals surface area contributed by atoms with Crippen molar-refractivity contribution in [1.29, 1.82) is 0 Å². The van der Waals surface area contributed by atoms with Crippen LogP contribution in [0.5, 0.6) is 0 Å². The van der Waals surface area contributed by atoms with Gasteiger partial charge in [-0.3, -0.25) is 9.88 Å². The molecule has 2 heterocycles. The standard InChI is InChI=1S/C14H24N4/c1-17-9-3-6-14(11-15,12-17)18(2)10-13-4-7-16-8-5-13/h4-5,7-8H,3,6,9-12,15H2,1-2H3. The fourth-order valence-corrected chi connectivity index (χ4v) is 2.90. The molecule has 100 valence electrons.